The van der Waals surface area contributed by atoms with Crippen LogP contribution in [0.2, 0.25) is 10.2 Å². The summed E-state index contributed by atoms with van der Waals surface area (Å²) in [5.74, 6) is -0.352. The molecule has 0 bridgehead atoms. The molecule has 2 aromatic rings. The number of likely N-dealkylation sites (N-methyl/N-ethyl adjacent to an activating group) is 1. The summed E-state index contributed by atoms with van der Waals surface area (Å²) in [6.45, 7) is 1.17. The Kier molecular flexibility index (Phi) is 5.28. The van der Waals surface area contributed by atoms with Crippen LogP contribution in [0.4, 0.5) is 5.69 Å². The molecule has 0 atom stereocenters. The van der Waals surface area contributed by atoms with E-state index in [9.17, 15) is 9.59 Å². The Balaban J connectivity index is 2.21. The lowest BCUT2D eigenvalue weighted by Gasteiger charge is -2.10. The zero-order chi connectivity index (χ0) is 16.3. The Morgan fingerprint density at radius 3 is 2.64 bits per heavy atom. The average molecular weight is 343 g/mol. The van der Waals surface area contributed by atoms with Gasteiger partial charge in [0.15, 0.2) is 0 Å². The van der Waals surface area contributed by atoms with Crippen LogP contribution in [0.3, 0.4) is 0 Å². The van der Waals surface area contributed by atoms with Gasteiger partial charge in [-0.1, -0.05) is 23.2 Å². The summed E-state index contributed by atoms with van der Waals surface area (Å²) < 4.78 is 3.02. The molecular weight excluding hydrogens is 327 g/mol. The normalized spacial score (nSPS) is 10.7. The van der Waals surface area contributed by atoms with Gasteiger partial charge in [0.05, 0.1) is 10.7 Å². The molecule has 0 fully saturated rings. The summed E-state index contributed by atoms with van der Waals surface area (Å²) in [5, 5.41) is 6.30. The Bertz CT molecular complexity index is 752. The average Bonchev–Trinajstić information content (AvgIpc) is 2.75. The zero-order valence-corrected chi connectivity index (χ0v) is 13.7. The minimum Gasteiger partial charge on any atom is -0.329 e. The lowest BCUT2D eigenvalue weighted by molar-refractivity contribution is 0.101. The van der Waals surface area contributed by atoms with Crippen molar-refractivity contribution < 1.29 is 4.79 Å². The second-order valence-corrected chi connectivity index (χ2v) is 5.50. The molecule has 22 heavy (non-hydrogen) atoms. The molecule has 0 radical (unpaired) electrons. The van der Waals surface area contributed by atoms with Crippen LogP contribution in [-0.2, 0) is 13.6 Å². The fourth-order valence-electron chi connectivity index (χ4n) is 1.97. The number of amides is 1. The molecule has 2 heterocycles. The number of nitrogens with zero attached hydrogens (tertiary/aromatic N) is 2. The molecule has 8 heteroatoms. The predicted octanol–water partition coefficient (Wildman–Crippen LogP) is 1.97. The van der Waals surface area contributed by atoms with Crippen molar-refractivity contribution in [3.8, 4) is 0 Å². The second kappa shape index (κ2) is 7.00. The second-order valence-electron chi connectivity index (χ2n) is 4.73. The van der Waals surface area contributed by atoms with Crippen molar-refractivity contribution in [1.82, 2.24) is 14.5 Å². The third-order valence-corrected chi connectivity index (χ3v) is 4.04. The first-order chi connectivity index (χ1) is 10.4. The number of hydrogen-bond donors (Lipinski definition) is 2. The van der Waals surface area contributed by atoms with E-state index in [1.54, 1.807) is 26.4 Å². The fraction of sp³-hybridized carbons (Fsp3) is 0.286. The first kappa shape index (κ1) is 16.6. The van der Waals surface area contributed by atoms with Crippen LogP contribution < -0.4 is 16.2 Å². The van der Waals surface area contributed by atoms with Crippen LogP contribution in [0.15, 0.2) is 29.2 Å². The molecule has 0 aliphatic rings. The summed E-state index contributed by atoms with van der Waals surface area (Å²) in [5.41, 5.74) is 0.732. The maximum Gasteiger partial charge on any atom is 0.272 e. The Morgan fingerprint density at radius 2 is 2.05 bits per heavy atom. The van der Waals surface area contributed by atoms with Crippen molar-refractivity contribution in [3.05, 3.63) is 50.6 Å². The predicted molar refractivity (Wildman–Crippen MR) is 88.0 cm³/mol. The fourth-order valence-corrected chi connectivity index (χ4v) is 2.34. The molecule has 0 saturated heterocycles. The standard InChI is InChI=1S/C14H16Cl2N4O2/c1-17-5-6-20-8-9(3-4-12(20)21)18-14(22)11-7-10(15)13(16)19(11)2/h3-4,7-8,17H,5-6H2,1-2H3,(H,18,22). The van der Waals surface area contributed by atoms with Gasteiger partial charge < -0.3 is 19.8 Å². The number of halogens is 2. The number of aromatic nitrogens is 2. The first-order valence-electron chi connectivity index (χ1n) is 6.61. The molecule has 2 N–H and O–H groups in total. The van der Waals surface area contributed by atoms with Crippen molar-refractivity contribution in [2.45, 2.75) is 6.54 Å². The van der Waals surface area contributed by atoms with E-state index in [4.69, 9.17) is 23.2 Å². The number of anilines is 1. The van der Waals surface area contributed by atoms with Gasteiger partial charge in [-0.3, -0.25) is 9.59 Å². The van der Waals surface area contributed by atoms with Crippen molar-refractivity contribution in [1.29, 1.82) is 0 Å². The van der Waals surface area contributed by atoms with Crippen LogP contribution in [-0.4, -0.2) is 28.6 Å². The van der Waals surface area contributed by atoms with Crippen molar-refractivity contribution in [3.63, 3.8) is 0 Å². The van der Waals surface area contributed by atoms with E-state index < -0.39 is 0 Å². The number of nitrogens with one attached hydrogen (secondary N) is 2. The lowest BCUT2D eigenvalue weighted by atomic mass is 10.3. The van der Waals surface area contributed by atoms with E-state index in [0.717, 1.165) is 0 Å². The molecule has 0 unspecified atom stereocenters. The molecule has 118 valence electrons. The topological polar surface area (TPSA) is 68.1 Å². The molecule has 6 nitrogen and oxygen atoms in total. The Labute approximate surface area is 137 Å². The van der Waals surface area contributed by atoms with Crippen LogP contribution in [0.25, 0.3) is 0 Å². The first-order valence-corrected chi connectivity index (χ1v) is 7.36. The minimum atomic E-state index is -0.352. The summed E-state index contributed by atoms with van der Waals surface area (Å²) >= 11 is 11.8. The third kappa shape index (κ3) is 3.52. The molecule has 0 saturated carbocycles. The molecular formula is C14H16Cl2N4O2. The molecule has 2 aromatic heterocycles. The highest BCUT2D eigenvalue weighted by Crippen LogP contribution is 2.25. The Hall–Kier alpha value is -1.76. The van der Waals surface area contributed by atoms with Gasteiger partial charge in [0.25, 0.3) is 11.5 Å². The summed E-state index contributed by atoms with van der Waals surface area (Å²) in [4.78, 5) is 24.0. The third-order valence-electron chi connectivity index (χ3n) is 3.19. The Morgan fingerprint density at radius 1 is 1.32 bits per heavy atom. The lowest BCUT2D eigenvalue weighted by Crippen LogP contribution is -2.25. The van der Waals surface area contributed by atoms with E-state index in [1.165, 1.54) is 21.3 Å². The highest BCUT2D eigenvalue weighted by molar-refractivity contribution is 6.42. The van der Waals surface area contributed by atoms with Crippen molar-refractivity contribution in [2.24, 2.45) is 7.05 Å². The van der Waals surface area contributed by atoms with Gasteiger partial charge in [-0.25, -0.2) is 0 Å². The van der Waals surface area contributed by atoms with Gasteiger partial charge in [-0.05, 0) is 19.2 Å². The minimum absolute atomic E-state index is 0.127. The number of pyridine rings is 1. The molecule has 0 aliphatic heterocycles. The SMILES string of the molecule is CNCCn1cc(NC(=O)c2cc(Cl)c(Cl)n2C)ccc1=O. The largest absolute Gasteiger partial charge is 0.329 e. The smallest absolute Gasteiger partial charge is 0.272 e. The van der Waals surface area contributed by atoms with E-state index in [1.807, 2.05) is 0 Å². The van der Waals surface area contributed by atoms with Gasteiger partial charge in [0.2, 0.25) is 0 Å². The van der Waals surface area contributed by atoms with Gasteiger partial charge in [0, 0.05) is 32.4 Å². The van der Waals surface area contributed by atoms with E-state index in [2.05, 4.69) is 10.6 Å². The number of rotatable bonds is 5. The number of carbonyl (C=O) groups is 1. The monoisotopic (exact) mass is 342 g/mol. The molecule has 0 aliphatic carbocycles. The van der Waals surface area contributed by atoms with Gasteiger partial charge in [-0.2, -0.15) is 0 Å². The quantitative estimate of drug-likeness (QED) is 0.872. The highest BCUT2D eigenvalue weighted by Gasteiger charge is 2.16. The molecule has 0 spiro atoms. The van der Waals surface area contributed by atoms with Crippen molar-refractivity contribution >= 4 is 34.8 Å². The maximum absolute atomic E-state index is 12.3. The summed E-state index contributed by atoms with van der Waals surface area (Å²) in [6.07, 6.45) is 1.60. The number of hydrogen-bond acceptors (Lipinski definition) is 3. The van der Waals surface area contributed by atoms with Crippen molar-refractivity contribution in [2.75, 3.05) is 18.9 Å². The van der Waals surface area contributed by atoms with Crippen LogP contribution >= 0.6 is 23.2 Å². The van der Waals surface area contributed by atoms with E-state index in [0.29, 0.717) is 34.6 Å². The van der Waals surface area contributed by atoms with Gasteiger partial charge in [0.1, 0.15) is 10.8 Å². The zero-order valence-electron chi connectivity index (χ0n) is 12.2. The molecule has 1 amide bonds. The summed E-state index contributed by atoms with van der Waals surface area (Å²) in [7, 11) is 3.45. The van der Waals surface area contributed by atoms with Crippen LogP contribution in [0.5, 0.6) is 0 Å². The maximum atomic E-state index is 12.3. The van der Waals surface area contributed by atoms with E-state index >= 15 is 0 Å². The molecule has 0 aromatic carbocycles. The summed E-state index contributed by atoms with van der Waals surface area (Å²) in [6, 6.07) is 4.47. The number of carbonyl (C=O) groups excluding carboxylic acids is 1. The van der Waals surface area contributed by atoms with Crippen LogP contribution in [0.1, 0.15) is 10.5 Å². The van der Waals surface area contributed by atoms with E-state index in [-0.39, 0.29) is 11.5 Å². The molecule has 2 rings (SSSR count). The highest BCUT2D eigenvalue weighted by atomic mass is 35.5. The van der Waals surface area contributed by atoms with Gasteiger partial charge in [-0.15, -0.1) is 0 Å². The van der Waals surface area contributed by atoms with Crippen LogP contribution in [0, 0.1) is 0 Å². The van der Waals surface area contributed by atoms with Gasteiger partial charge >= 0.3 is 0 Å².